The molecular weight excluding hydrogens is 468 g/mol. The van der Waals surface area contributed by atoms with Crippen molar-refractivity contribution in [2.24, 2.45) is 0 Å². The Kier molecular flexibility index (Phi) is 6.66. The second-order valence-electron chi connectivity index (χ2n) is 7.53. The van der Waals surface area contributed by atoms with Crippen molar-refractivity contribution in [3.05, 3.63) is 100 Å². The van der Waals surface area contributed by atoms with Crippen molar-refractivity contribution in [2.45, 2.75) is 19.6 Å². The number of nitrogens with zero attached hydrogens (tertiary/aromatic N) is 3. The van der Waals surface area contributed by atoms with Crippen LogP contribution in [-0.4, -0.2) is 33.3 Å². The van der Waals surface area contributed by atoms with Gasteiger partial charge in [-0.1, -0.05) is 58.4 Å². The van der Waals surface area contributed by atoms with Crippen molar-refractivity contribution >= 4 is 38.8 Å². The number of fused-ring (bicyclic) bond motifs is 1. The molecule has 1 N–H and O–H groups in total. The summed E-state index contributed by atoms with van der Waals surface area (Å²) >= 11 is 3.37. The van der Waals surface area contributed by atoms with Crippen LogP contribution in [-0.2, 0) is 24.4 Å². The Morgan fingerprint density at radius 3 is 2.41 bits per heavy atom. The fourth-order valence-corrected chi connectivity index (χ4v) is 3.77. The molecule has 0 saturated heterocycles. The summed E-state index contributed by atoms with van der Waals surface area (Å²) in [5.41, 5.74) is 3.29. The first kappa shape index (κ1) is 21.8. The number of benzene rings is 3. The fraction of sp³-hybridized carbons (Fsp3) is 0.160. The predicted molar refractivity (Wildman–Crippen MR) is 128 cm³/mol. The Morgan fingerprint density at radius 1 is 0.969 bits per heavy atom. The average molecular weight is 491 g/mol. The Hall–Kier alpha value is -3.45. The van der Waals surface area contributed by atoms with Crippen LogP contribution in [0.5, 0.6) is 0 Å². The minimum atomic E-state index is -0.191. The van der Waals surface area contributed by atoms with Gasteiger partial charge in [-0.2, -0.15) is 0 Å². The quantitative estimate of drug-likeness (QED) is 0.417. The summed E-state index contributed by atoms with van der Waals surface area (Å²) < 4.78 is 2.79. The molecule has 0 aliphatic rings. The van der Waals surface area contributed by atoms with Crippen LogP contribution >= 0.6 is 15.9 Å². The van der Waals surface area contributed by atoms with Crippen molar-refractivity contribution in [1.29, 1.82) is 0 Å². The van der Waals surface area contributed by atoms with E-state index < -0.39 is 0 Å². The average Bonchev–Trinajstić information content (AvgIpc) is 3.16. The van der Waals surface area contributed by atoms with Gasteiger partial charge in [0.15, 0.2) is 0 Å². The number of rotatable bonds is 7. The van der Waals surface area contributed by atoms with Gasteiger partial charge < -0.3 is 14.8 Å². The highest BCUT2D eigenvalue weighted by Gasteiger charge is 2.17. The number of likely N-dealkylation sites (N-methyl/N-ethyl adjacent to an activating group) is 1. The van der Waals surface area contributed by atoms with Crippen LogP contribution in [0.25, 0.3) is 11.0 Å². The Bertz CT molecular complexity index is 1240. The topological polar surface area (TPSA) is 67.2 Å². The van der Waals surface area contributed by atoms with Crippen LogP contribution in [0.2, 0.25) is 0 Å². The molecule has 0 unspecified atom stereocenters. The molecule has 162 valence electrons. The molecular formula is C25H23BrN4O2. The molecule has 32 heavy (non-hydrogen) atoms. The molecule has 4 rings (SSSR count). The molecule has 0 radical (unpaired) electrons. The molecule has 0 spiro atoms. The summed E-state index contributed by atoms with van der Waals surface area (Å²) in [6.45, 7) is 0.897. The van der Waals surface area contributed by atoms with Crippen molar-refractivity contribution < 1.29 is 9.59 Å². The second-order valence-corrected chi connectivity index (χ2v) is 8.44. The van der Waals surface area contributed by atoms with E-state index in [1.807, 2.05) is 71.3 Å². The number of carbonyl (C=O) groups is 2. The number of amides is 2. The molecule has 1 heterocycles. The van der Waals surface area contributed by atoms with Crippen molar-refractivity contribution in [3.63, 3.8) is 0 Å². The number of halogens is 1. The van der Waals surface area contributed by atoms with Crippen LogP contribution in [0.15, 0.2) is 83.3 Å². The van der Waals surface area contributed by atoms with Gasteiger partial charge >= 0.3 is 0 Å². The first-order valence-corrected chi connectivity index (χ1v) is 11.1. The molecule has 0 aliphatic heterocycles. The highest BCUT2D eigenvalue weighted by Crippen LogP contribution is 2.17. The Balaban J connectivity index is 1.51. The van der Waals surface area contributed by atoms with Gasteiger partial charge in [-0.3, -0.25) is 9.59 Å². The minimum Gasteiger partial charge on any atom is -0.345 e. The zero-order valence-corrected chi connectivity index (χ0v) is 19.2. The molecule has 0 bridgehead atoms. The van der Waals surface area contributed by atoms with Crippen LogP contribution in [0.3, 0.4) is 0 Å². The van der Waals surface area contributed by atoms with E-state index in [9.17, 15) is 9.59 Å². The number of para-hydroxylation sites is 2. The van der Waals surface area contributed by atoms with E-state index in [1.165, 1.54) is 0 Å². The standard InChI is InChI=1S/C25H23BrN4O2/c1-29(16-18-7-3-2-4-8-18)24(31)17-30-22-10-6-5-9-21(22)28-23(30)15-27-25(32)19-11-13-20(26)14-12-19/h2-14H,15-17H2,1H3,(H,27,32). The van der Waals surface area contributed by atoms with E-state index in [4.69, 9.17) is 0 Å². The van der Waals surface area contributed by atoms with E-state index in [1.54, 1.807) is 24.1 Å². The summed E-state index contributed by atoms with van der Waals surface area (Å²) in [6.07, 6.45) is 0. The van der Waals surface area contributed by atoms with Crippen molar-refractivity contribution in [1.82, 2.24) is 19.8 Å². The van der Waals surface area contributed by atoms with Crippen LogP contribution in [0.1, 0.15) is 21.7 Å². The van der Waals surface area contributed by atoms with Gasteiger partial charge in [0.25, 0.3) is 5.91 Å². The van der Waals surface area contributed by atoms with Gasteiger partial charge in [-0.25, -0.2) is 4.98 Å². The van der Waals surface area contributed by atoms with Crippen molar-refractivity contribution in [3.8, 4) is 0 Å². The first-order chi connectivity index (χ1) is 15.5. The lowest BCUT2D eigenvalue weighted by Crippen LogP contribution is -2.31. The Morgan fingerprint density at radius 2 is 1.66 bits per heavy atom. The zero-order valence-electron chi connectivity index (χ0n) is 17.7. The van der Waals surface area contributed by atoms with E-state index in [-0.39, 0.29) is 24.9 Å². The molecule has 0 saturated carbocycles. The SMILES string of the molecule is CN(Cc1ccccc1)C(=O)Cn1c(CNC(=O)c2ccc(Br)cc2)nc2ccccc21. The van der Waals surface area contributed by atoms with E-state index >= 15 is 0 Å². The van der Waals surface area contributed by atoms with Crippen LogP contribution in [0, 0.1) is 0 Å². The van der Waals surface area contributed by atoms with Gasteiger partial charge in [-0.05, 0) is 42.0 Å². The number of carbonyl (C=O) groups excluding carboxylic acids is 2. The molecule has 1 aromatic heterocycles. The van der Waals surface area contributed by atoms with E-state index in [0.29, 0.717) is 17.9 Å². The summed E-state index contributed by atoms with van der Waals surface area (Å²) in [5, 5.41) is 2.92. The number of hydrogen-bond acceptors (Lipinski definition) is 3. The minimum absolute atomic E-state index is 0.0301. The van der Waals surface area contributed by atoms with Gasteiger partial charge in [0.1, 0.15) is 12.4 Å². The van der Waals surface area contributed by atoms with Crippen LogP contribution in [0.4, 0.5) is 0 Å². The fourth-order valence-electron chi connectivity index (χ4n) is 3.50. The maximum Gasteiger partial charge on any atom is 0.251 e. The summed E-state index contributed by atoms with van der Waals surface area (Å²) in [4.78, 5) is 31.9. The predicted octanol–water partition coefficient (Wildman–Crippen LogP) is 4.39. The van der Waals surface area contributed by atoms with Gasteiger partial charge in [0, 0.05) is 23.6 Å². The third-order valence-corrected chi connectivity index (χ3v) is 5.76. The number of aromatic nitrogens is 2. The third-order valence-electron chi connectivity index (χ3n) is 5.23. The second kappa shape index (κ2) is 9.78. The normalized spacial score (nSPS) is 10.8. The number of nitrogens with one attached hydrogen (secondary N) is 1. The third kappa shape index (κ3) is 5.06. The smallest absolute Gasteiger partial charge is 0.251 e. The monoisotopic (exact) mass is 490 g/mol. The molecule has 0 aliphatic carbocycles. The highest BCUT2D eigenvalue weighted by molar-refractivity contribution is 9.10. The molecule has 6 nitrogen and oxygen atoms in total. The first-order valence-electron chi connectivity index (χ1n) is 10.3. The van der Waals surface area contributed by atoms with Gasteiger partial charge in [-0.15, -0.1) is 0 Å². The van der Waals surface area contributed by atoms with Crippen molar-refractivity contribution in [2.75, 3.05) is 7.05 Å². The maximum absolute atomic E-state index is 13.0. The number of imidazole rings is 1. The number of hydrogen-bond donors (Lipinski definition) is 1. The molecule has 2 amide bonds. The summed E-state index contributed by atoms with van der Waals surface area (Å²) in [5.74, 6) is 0.416. The van der Waals surface area contributed by atoms with Gasteiger partial charge in [0.05, 0.1) is 17.6 Å². The molecule has 0 fully saturated rings. The lowest BCUT2D eigenvalue weighted by molar-refractivity contribution is -0.131. The molecule has 4 aromatic rings. The maximum atomic E-state index is 13.0. The summed E-state index contributed by atoms with van der Waals surface area (Å²) in [6, 6.07) is 24.7. The summed E-state index contributed by atoms with van der Waals surface area (Å²) in [7, 11) is 1.80. The van der Waals surface area contributed by atoms with E-state index in [0.717, 1.165) is 21.1 Å². The molecule has 7 heteroatoms. The molecule has 3 aromatic carbocycles. The van der Waals surface area contributed by atoms with Gasteiger partial charge in [0.2, 0.25) is 5.91 Å². The lowest BCUT2D eigenvalue weighted by atomic mass is 10.2. The Labute approximate surface area is 195 Å². The highest BCUT2D eigenvalue weighted by atomic mass is 79.9. The molecule has 0 atom stereocenters. The van der Waals surface area contributed by atoms with Crippen LogP contribution < -0.4 is 5.32 Å². The lowest BCUT2D eigenvalue weighted by Gasteiger charge is -2.19. The zero-order chi connectivity index (χ0) is 22.5. The van der Waals surface area contributed by atoms with E-state index in [2.05, 4.69) is 26.2 Å². The largest absolute Gasteiger partial charge is 0.345 e.